The Hall–Kier alpha value is -2.92. The van der Waals surface area contributed by atoms with Crippen molar-refractivity contribution in [3.05, 3.63) is 70.8 Å². The molecule has 0 atom stereocenters. The number of nitrogens with two attached hydrogens (primary N) is 1. The Morgan fingerprint density at radius 3 is 2.59 bits per heavy atom. The molecule has 0 aliphatic carbocycles. The Morgan fingerprint density at radius 1 is 1.05 bits per heavy atom. The average molecular weight is 290 g/mol. The van der Waals surface area contributed by atoms with Crippen molar-refractivity contribution in [2.45, 2.75) is 6.54 Å². The number of hydrogen-bond acceptors (Lipinski definition) is 3. The van der Waals surface area contributed by atoms with Gasteiger partial charge in [0.15, 0.2) is 5.65 Å². The average Bonchev–Trinajstić information content (AvgIpc) is 2.96. The van der Waals surface area contributed by atoms with Gasteiger partial charge in [-0.2, -0.15) is 5.10 Å². The van der Waals surface area contributed by atoms with Gasteiger partial charge in [0, 0.05) is 18.1 Å². The molecular formula is C17H14N4O. The van der Waals surface area contributed by atoms with E-state index >= 15 is 0 Å². The van der Waals surface area contributed by atoms with Crippen molar-refractivity contribution in [1.29, 1.82) is 0 Å². The fraction of sp³-hybridized carbons (Fsp3) is 0.0588. The summed E-state index contributed by atoms with van der Waals surface area (Å²) in [5, 5.41) is 8.60. The molecule has 2 aromatic carbocycles. The van der Waals surface area contributed by atoms with Gasteiger partial charge in [-0.05, 0) is 34.2 Å². The second-order valence-electron chi connectivity index (χ2n) is 5.24. The first-order chi connectivity index (χ1) is 10.8. The van der Waals surface area contributed by atoms with Crippen LogP contribution in [-0.4, -0.2) is 14.6 Å². The Morgan fingerprint density at radius 2 is 1.82 bits per heavy atom. The Labute approximate surface area is 126 Å². The molecule has 2 heterocycles. The predicted octanol–water partition coefficient (Wildman–Crippen LogP) is 2.30. The smallest absolute Gasteiger partial charge is 0.326 e. The lowest BCUT2D eigenvalue weighted by Gasteiger charge is -2.06. The van der Waals surface area contributed by atoms with E-state index in [1.165, 1.54) is 4.40 Å². The minimum atomic E-state index is -0.227. The maximum absolute atomic E-state index is 11.7. The lowest BCUT2D eigenvalue weighted by Crippen LogP contribution is -2.08. The van der Waals surface area contributed by atoms with Crippen molar-refractivity contribution in [1.82, 2.24) is 14.6 Å². The number of rotatable bonds is 2. The Bertz CT molecular complexity index is 1030. The summed E-state index contributed by atoms with van der Waals surface area (Å²) in [6.45, 7) is 0.537. The van der Waals surface area contributed by atoms with Crippen LogP contribution in [-0.2, 0) is 6.54 Å². The Balaban J connectivity index is 1.95. The molecular weight excluding hydrogens is 276 g/mol. The highest BCUT2D eigenvalue weighted by atomic mass is 16.1. The fourth-order valence-corrected chi connectivity index (χ4v) is 2.70. The summed E-state index contributed by atoms with van der Waals surface area (Å²) in [6, 6.07) is 16.3. The van der Waals surface area contributed by atoms with Gasteiger partial charge in [-0.3, -0.25) is 0 Å². The second kappa shape index (κ2) is 4.82. The third-order valence-electron chi connectivity index (χ3n) is 3.92. The zero-order valence-electron chi connectivity index (χ0n) is 11.8. The van der Waals surface area contributed by atoms with E-state index in [4.69, 9.17) is 5.73 Å². The monoisotopic (exact) mass is 290 g/mol. The molecule has 0 unspecified atom stereocenters. The molecule has 3 N–H and O–H groups in total. The molecule has 0 amide bonds. The molecule has 5 heteroatoms. The molecule has 0 aliphatic rings. The van der Waals surface area contributed by atoms with Gasteiger partial charge in [-0.15, -0.1) is 0 Å². The van der Waals surface area contributed by atoms with Gasteiger partial charge in [0.05, 0.1) is 0 Å². The summed E-state index contributed by atoms with van der Waals surface area (Å²) in [7, 11) is 0. The van der Waals surface area contributed by atoms with E-state index in [0.29, 0.717) is 12.2 Å². The number of aromatic nitrogens is 3. The van der Waals surface area contributed by atoms with Crippen molar-refractivity contribution in [2.75, 3.05) is 0 Å². The van der Waals surface area contributed by atoms with E-state index in [9.17, 15) is 4.79 Å². The first-order valence-corrected chi connectivity index (χ1v) is 7.05. The summed E-state index contributed by atoms with van der Waals surface area (Å²) < 4.78 is 1.52. The highest BCUT2D eigenvalue weighted by Gasteiger charge is 2.07. The maximum atomic E-state index is 11.7. The molecule has 0 bridgehead atoms. The highest BCUT2D eigenvalue weighted by molar-refractivity contribution is 5.96. The van der Waals surface area contributed by atoms with Crippen LogP contribution >= 0.6 is 0 Å². The van der Waals surface area contributed by atoms with Gasteiger partial charge in [-0.1, -0.05) is 36.4 Å². The number of benzene rings is 2. The molecule has 0 saturated heterocycles. The van der Waals surface area contributed by atoms with Crippen molar-refractivity contribution in [3.8, 4) is 11.1 Å². The van der Waals surface area contributed by atoms with Crippen LogP contribution in [0.3, 0.4) is 0 Å². The van der Waals surface area contributed by atoms with Crippen LogP contribution in [0.15, 0.2) is 59.5 Å². The summed E-state index contributed by atoms with van der Waals surface area (Å²) in [5.74, 6) is 0. The molecule has 0 saturated carbocycles. The van der Waals surface area contributed by atoms with Crippen LogP contribution in [0.5, 0.6) is 0 Å². The van der Waals surface area contributed by atoms with Crippen LogP contribution in [0.1, 0.15) is 5.56 Å². The molecule has 4 rings (SSSR count). The zero-order valence-corrected chi connectivity index (χ0v) is 11.8. The molecule has 2 aromatic heterocycles. The lowest BCUT2D eigenvalue weighted by molar-refractivity contribution is 1.02. The van der Waals surface area contributed by atoms with Gasteiger partial charge in [-0.25, -0.2) is 14.3 Å². The van der Waals surface area contributed by atoms with E-state index in [1.54, 1.807) is 6.20 Å². The fourth-order valence-electron chi connectivity index (χ4n) is 2.70. The number of H-pyrrole nitrogens is 1. The number of hydrogen-bond donors (Lipinski definition) is 2. The summed E-state index contributed by atoms with van der Waals surface area (Å²) >= 11 is 0. The maximum Gasteiger partial charge on any atom is 0.347 e. The minimum Gasteiger partial charge on any atom is -0.326 e. The molecule has 108 valence electrons. The van der Waals surface area contributed by atoms with E-state index in [1.807, 2.05) is 24.3 Å². The lowest BCUT2D eigenvalue weighted by atomic mass is 10.0. The van der Waals surface area contributed by atoms with Crippen LogP contribution in [0, 0.1) is 0 Å². The second-order valence-corrected chi connectivity index (χ2v) is 5.24. The van der Waals surface area contributed by atoms with Gasteiger partial charge >= 0.3 is 5.69 Å². The van der Waals surface area contributed by atoms with Gasteiger partial charge in [0.2, 0.25) is 0 Å². The van der Waals surface area contributed by atoms with E-state index in [2.05, 4.69) is 34.5 Å². The third-order valence-corrected chi connectivity index (χ3v) is 3.92. The van der Waals surface area contributed by atoms with E-state index in [0.717, 1.165) is 27.5 Å². The van der Waals surface area contributed by atoms with Crippen molar-refractivity contribution in [3.63, 3.8) is 0 Å². The topological polar surface area (TPSA) is 76.2 Å². The van der Waals surface area contributed by atoms with Gasteiger partial charge < -0.3 is 5.73 Å². The number of nitrogens with one attached hydrogen (secondary N) is 1. The van der Waals surface area contributed by atoms with E-state index < -0.39 is 0 Å². The number of fused-ring (bicyclic) bond motifs is 3. The van der Waals surface area contributed by atoms with E-state index in [-0.39, 0.29) is 5.69 Å². The molecule has 0 aliphatic heterocycles. The van der Waals surface area contributed by atoms with Gasteiger partial charge in [0.1, 0.15) is 0 Å². The number of aromatic amines is 1. The standard InChI is InChI=1S/C17H14N4O/c18-10-11-1-3-12(4-2-11)14-6-5-13-7-8-21-16(15(13)9-14)19-20-17(21)22/h1-9H,10,18H2,(H,20,22). The predicted molar refractivity (Wildman–Crippen MR) is 86.6 cm³/mol. The third kappa shape index (κ3) is 1.91. The first kappa shape index (κ1) is 12.8. The quantitative estimate of drug-likeness (QED) is 0.594. The molecule has 0 fully saturated rings. The molecule has 0 radical (unpaired) electrons. The van der Waals surface area contributed by atoms with Crippen LogP contribution in [0.4, 0.5) is 0 Å². The zero-order chi connectivity index (χ0) is 15.1. The highest BCUT2D eigenvalue weighted by Crippen LogP contribution is 2.26. The molecule has 22 heavy (non-hydrogen) atoms. The van der Waals surface area contributed by atoms with Gasteiger partial charge in [0.25, 0.3) is 0 Å². The molecule has 5 nitrogen and oxygen atoms in total. The summed E-state index contributed by atoms with van der Waals surface area (Å²) in [5.41, 5.74) is 9.34. The van der Waals surface area contributed by atoms with Crippen molar-refractivity contribution >= 4 is 16.4 Å². The largest absolute Gasteiger partial charge is 0.347 e. The molecule has 0 spiro atoms. The van der Waals surface area contributed by atoms with Crippen molar-refractivity contribution < 1.29 is 0 Å². The van der Waals surface area contributed by atoms with Crippen molar-refractivity contribution in [2.24, 2.45) is 5.73 Å². The van der Waals surface area contributed by atoms with Crippen LogP contribution < -0.4 is 11.4 Å². The SMILES string of the molecule is NCc1ccc(-c2ccc3ccn4c(=O)[nH]nc4c3c2)cc1. The Kier molecular flexibility index (Phi) is 2.80. The van der Waals surface area contributed by atoms with Crippen LogP contribution in [0.25, 0.3) is 27.5 Å². The molecule has 4 aromatic rings. The summed E-state index contributed by atoms with van der Waals surface area (Å²) in [4.78, 5) is 11.7. The minimum absolute atomic E-state index is 0.227. The normalized spacial score (nSPS) is 11.3. The number of nitrogens with zero attached hydrogens (tertiary/aromatic N) is 2. The van der Waals surface area contributed by atoms with Crippen LogP contribution in [0.2, 0.25) is 0 Å². The first-order valence-electron chi connectivity index (χ1n) is 7.05. The summed E-state index contributed by atoms with van der Waals surface area (Å²) in [6.07, 6.45) is 1.74. The number of pyridine rings is 1.